The molecule has 2 rings (SSSR count). The van der Waals surface area contributed by atoms with Crippen molar-refractivity contribution in [3.05, 3.63) is 63.8 Å². The minimum atomic E-state index is -0.639. The second-order valence-corrected chi connectivity index (χ2v) is 7.19. The van der Waals surface area contributed by atoms with Gasteiger partial charge in [0.15, 0.2) is 5.96 Å². The summed E-state index contributed by atoms with van der Waals surface area (Å²) in [4.78, 5) is 5.40. The smallest absolute Gasteiger partial charge is 0.191 e. The molecule has 1 aromatic heterocycles. The summed E-state index contributed by atoms with van der Waals surface area (Å²) >= 11 is 7.29. The maximum Gasteiger partial charge on any atom is 0.191 e. The number of rotatable bonds is 9. The number of nitrogens with zero attached hydrogens (tertiary/aromatic N) is 1. The standard InChI is InChI=1S/C19H24ClN3O2S.HI/c1-3-11-25-16-8-6-5-7-14(16)12-22-19(21-4-2)23-13-15(24)17-9-10-18(20)26-17;/h3,5-10,15,24H,1,4,11-13H2,2H3,(H2,21,22,23);1H. The van der Waals surface area contributed by atoms with Gasteiger partial charge in [-0.1, -0.05) is 42.5 Å². The van der Waals surface area contributed by atoms with Crippen molar-refractivity contribution in [3.8, 4) is 5.75 Å². The Morgan fingerprint density at radius 1 is 1.33 bits per heavy atom. The molecule has 1 atom stereocenters. The molecule has 148 valence electrons. The van der Waals surface area contributed by atoms with Gasteiger partial charge in [-0.25, -0.2) is 4.99 Å². The lowest BCUT2D eigenvalue weighted by Gasteiger charge is -2.15. The van der Waals surface area contributed by atoms with Crippen molar-refractivity contribution < 1.29 is 9.84 Å². The molecule has 0 saturated heterocycles. The number of halogens is 2. The van der Waals surface area contributed by atoms with Gasteiger partial charge in [0.05, 0.1) is 10.9 Å². The van der Waals surface area contributed by atoms with Crippen LogP contribution in [-0.2, 0) is 6.54 Å². The number of aliphatic hydroxyl groups is 1. The number of ether oxygens (including phenoxy) is 1. The van der Waals surface area contributed by atoms with E-state index in [9.17, 15) is 5.11 Å². The first-order chi connectivity index (χ1) is 12.6. The van der Waals surface area contributed by atoms with Gasteiger partial charge in [0, 0.05) is 23.5 Å². The van der Waals surface area contributed by atoms with Crippen LogP contribution in [0.2, 0.25) is 4.34 Å². The lowest BCUT2D eigenvalue weighted by atomic mass is 10.2. The predicted molar refractivity (Wildman–Crippen MR) is 125 cm³/mol. The number of hydrogen-bond acceptors (Lipinski definition) is 4. The Hall–Kier alpha value is -1.29. The minimum Gasteiger partial charge on any atom is -0.489 e. The average Bonchev–Trinajstić information content (AvgIpc) is 3.09. The molecule has 1 aromatic carbocycles. The molecule has 0 spiro atoms. The van der Waals surface area contributed by atoms with Crippen LogP contribution >= 0.6 is 46.9 Å². The highest BCUT2D eigenvalue weighted by Crippen LogP contribution is 2.26. The van der Waals surface area contributed by atoms with E-state index in [4.69, 9.17) is 16.3 Å². The van der Waals surface area contributed by atoms with Crippen LogP contribution in [0, 0.1) is 0 Å². The molecule has 2 aromatic rings. The normalized spacial score (nSPS) is 12.0. The van der Waals surface area contributed by atoms with Crippen molar-refractivity contribution in [2.24, 2.45) is 4.99 Å². The van der Waals surface area contributed by atoms with Gasteiger partial charge >= 0.3 is 0 Å². The van der Waals surface area contributed by atoms with Crippen LogP contribution in [0.15, 0.2) is 54.0 Å². The molecule has 0 aliphatic carbocycles. The van der Waals surface area contributed by atoms with Gasteiger partial charge in [-0.15, -0.1) is 35.3 Å². The number of thiophene rings is 1. The molecule has 0 bridgehead atoms. The second kappa shape index (κ2) is 13.0. The number of hydrogen-bond donors (Lipinski definition) is 3. The van der Waals surface area contributed by atoms with E-state index < -0.39 is 6.10 Å². The predicted octanol–water partition coefficient (Wildman–Crippen LogP) is 4.37. The highest BCUT2D eigenvalue weighted by molar-refractivity contribution is 14.0. The summed E-state index contributed by atoms with van der Waals surface area (Å²) in [5.74, 6) is 1.42. The first-order valence-corrected chi connectivity index (χ1v) is 9.60. The molecule has 0 amide bonds. The topological polar surface area (TPSA) is 65.9 Å². The summed E-state index contributed by atoms with van der Waals surface area (Å²) in [5.41, 5.74) is 0.983. The quantitative estimate of drug-likeness (QED) is 0.198. The van der Waals surface area contributed by atoms with Crippen LogP contribution in [0.4, 0.5) is 0 Å². The molecule has 5 nitrogen and oxygen atoms in total. The maximum atomic E-state index is 10.3. The van der Waals surface area contributed by atoms with E-state index in [1.165, 1.54) is 11.3 Å². The summed E-state index contributed by atoms with van der Waals surface area (Å²) in [5, 5.41) is 16.6. The highest BCUT2D eigenvalue weighted by atomic mass is 127. The Labute approximate surface area is 186 Å². The molecule has 8 heteroatoms. The fraction of sp³-hybridized carbons (Fsp3) is 0.316. The van der Waals surface area contributed by atoms with E-state index in [0.29, 0.717) is 30.0 Å². The average molecular weight is 522 g/mol. The van der Waals surface area contributed by atoms with Crippen molar-refractivity contribution in [2.75, 3.05) is 19.7 Å². The van der Waals surface area contributed by atoms with Crippen molar-refractivity contribution in [1.29, 1.82) is 0 Å². The number of aliphatic hydroxyl groups excluding tert-OH is 1. The van der Waals surface area contributed by atoms with E-state index in [1.54, 1.807) is 12.1 Å². The van der Waals surface area contributed by atoms with Gasteiger partial charge in [-0.05, 0) is 25.1 Å². The van der Waals surface area contributed by atoms with Crippen LogP contribution in [0.3, 0.4) is 0 Å². The third-order valence-corrected chi connectivity index (χ3v) is 4.80. The van der Waals surface area contributed by atoms with Gasteiger partial charge < -0.3 is 20.5 Å². The molecule has 3 N–H and O–H groups in total. The van der Waals surface area contributed by atoms with Crippen LogP contribution in [-0.4, -0.2) is 30.8 Å². The molecule has 1 unspecified atom stereocenters. The molecule has 0 fully saturated rings. The minimum absolute atomic E-state index is 0. The molecule has 0 aliphatic rings. The molecular formula is C19H25ClIN3O2S. The fourth-order valence-corrected chi connectivity index (χ4v) is 3.28. The highest BCUT2D eigenvalue weighted by Gasteiger charge is 2.11. The van der Waals surface area contributed by atoms with Gasteiger partial charge in [0.1, 0.15) is 18.5 Å². The number of nitrogens with one attached hydrogen (secondary N) is 2. The summed E-state index contributed by atoms with van der Waals surface area (Å²) in [6.45, 7) is 7.64. The second-order valence-electron chi connectivity index (χ2n) is 5.44. The van der Waals surface area contributed by atoms with Gasteiger partial charge in [-0.3, -0.25) is 0 Å². The number of para-hydroxylation sites is 1. The van der Waals surface area contributed by atoms with Crippen LogP contribution in [0.5, 0.6) is 5.75 Å². The monoisotopic (exact) mass is 521 g/mol. The van der Waals surface area contributed by atoms with Gasteiger partial charge in [0.25, 0.3) is 0 Å². The third kappa shape index (κ3) is 8.08. The molecule has 0 saturated carbocycles. The Morgan fingerprint density at radius 3 is 2.78 bits per heavy atom. The summed E-state index contributed by atoms with van der Waals surface area (Å²) in [6, 6.07) is 11.4. The van der Waals surface area contributed by atoms with E-state index in [-0.39, 0.29) is 24.0 Å². The van der Waals surface area contributed by atoms with Crippen LogP contribution < -0.4 is 15.4 Å². The van der Waals surface area contributed by atoms with Gasteiger partial charge in [0.2, 0.25) is 0 Å². The SMILES string of the molecule is C=CCOc1ccccc1CN=C(NCC)NCC(O)c1ccc(Cl)s1.I. The van der Waals surface area contributed by atoms with Crippen molar-refractivity contribution in [3.63, 3.8) is 0 Å². The van der Waals surface area contributed by atoms with Crippen LogP contribution in [0.1, 0.15) is 23.5 Å². The van der Waals surface area contributed by atoms with E-state index in [1.807, 2.05) is 37.3 Å². The summed E-state index contributed by atoms with van der Waals surface area (Å²) < 4.78 is 6.32. The Balaban J connectivity index is 0.00000364. The lowest BCUT2D eigenvalue weighted by Crippen LogP contribution is -2.39. The number of guanidine groups is 1. The summed E-state index contributed by atoms with van der Waals surface area (Å²) in [7, 11) is 0. The van der Waals surface area contributed by atoms with Crippen molar-refractivity contribution in [2.45, 2.75) is 19.6 Å². The molecule has 0 radical (unpaired) electrons. The van der Waals surface area contributed by atoms with E-state index >= 15 is 0 Å². The zero-order valence-corrected chi connectivity index (χ0v) is 19.1. The Bertz CT molecular complexity index is 739. The Kier molecular flexibility index (Phi) is 11.4. The number of aliphatic imine (C=N–C) groups is 1. The van der Waals surface area contributed by atoms with Crippen LogP contribution in [0.25, 0.3) is 0 Å². The fourth-order valence-electron chi connectivity index (χ4n) is 2.23. The number of benzene rings is 1. The van der Waals surface area contributed by atoms with Crippen molar-refractivity contribution in [1.82, 2.24) is 10.6 Å². The maximum absolute atomic E-state index is 10.3. The Morgan fingerprint density at radius 2 is 2.11 bits per heavy atom. The lowest BCUT2D eigenvalue weighted by molar-refractivity contribution is 0.184. The van der Waals surface area contributed by atoms with Crippen molar-refractivity contribution >= 4 is 52.9 Å². The van der Waals surface area contributed by atoms with E-state index in [2.05, 4.69) is 22.2 Å². The zero-order chi connectivity index (χ0) is 18.8. The zero-order valence-electron chi connectivity index (χ0n) is 15.2. The first-order valence-electron chi connectivity index (χ1n) is 8.41. The third-order valence-electron chi connectivity index (χ3n) is 3.47. The van der Waals surface area contributed by atoms with Gasteiger partial charge in [-0.2, -0.15) is 0 Å². The first kappa shape index (κ1) is 23.7. The molecule has 27 heavy (non-hydrogen) atoms. The molecular weight excluding hydrogens is 497 g/mol. The molecule has 0 aliphatic heterocycles. The summed E-state index contributed by atoms with van der Waals surface area (Å²) in [6.07, 6.45) is 1.07. The molecule has 1 heterocycles. The largest absolute Gasteiger partial charge is 0.489 e. The van der Waals surface area contributed by atoms with E-state index in [0.717, 1.165) is 22.7 Å².